The molecule has 1 aliphatic heterocycles. The molecule has 0 bridgehead atoms. The quantitative estimate of drug-likeness (QED) is 0.428. The molecule has 0 aliphatic carbocycles. The number of methoxy groups -OCH3 is 1. The van der Waals surface area contributed by atoms with Gasteiger partial charge in [0, 0.05) is 17.3 Å². The third-order valence-electron chi connectivity index (χ3n) is 5.71. The Morgan fingerprint density at radius 1 is 1.06 bits per heavy atom. The van der Waals surface area contributed by atoms with Gasteiger partial charge >= 0.3 is 0 Å². The summed E-state index contributed by atoms with van der Waals surface area (Å²) < 4.78 is 18.5. The smallest absolute Gasteiger partial charge is 0.256 e. The van der Waals surface area contributed by atoms with Crippen LogP contribution in [-0.2, 0) is 16.0 Å². The van der Waals surface area contributed by atoms with Gasteiger partial charge in [0.05, 0.1) is 19.2 Å². The van der Waals surface area contributed by atoms with Crippen molar-refractivity contribution < 1.29 is 18.7 Å². The molecule has 9 heteroatoms. The Morgan fingerprint density at radius 2 is 1.71 bits per heavy atom. The Kier molecular flexibility index (Phi) is 7.63. The predicted molar refractivity (Wildman–Crippen MR) is 138 cm³/mol. The third-order valence-corrected chi connectivity index (χ3v) is 6.38. The Balaban J connectivity index is 1.55. The van der Waals surface area contributed by atoms with E-state index < -0.39 is 6.04 Å². The fraction of sp³-hybridized carbons (Fsp3) is 0.192. The summed E-state index contributed by atoms with van der Waals surface area (Å²) in [6, 6.07) is 19.1. The van der Waals surface area contributed by atoms with Gasteiger partial charge in [-0.2, -0.15) is 0 Å². The van der Waals surface area contributed by atoms with E-state index in [0.717, 1.165) is 5.56 Å². The molecular weight excluding hydrogens is 489 g/mol. The summed E-state index contributed by atoms with van der Waals surface area (Å²) in [5, 5.41) is 3.67. The van der Waals surface area contributed by atoms with E-state index in [-0.39, 0.29) is 24.1 Å². The van der Waals surface area contributed by atoms with Gasteiger partial charge in [-0.15, -0.1) is 0 Å². The van der Waals surface area contributed by atoms with Crippen molar-refractivity contribution in [2.45, 2.75) is 18.9 Å². The molecule has 0 saturated carbocycles. The number of thiocarbonyl (C=S) groups is 1. The Bertz CT molecular complexity index is 1220. The number of anilines is 2. The van der Waals surface area contributed by atoms with Gasteiger partial charge in [-0.05, 0) is 84.9 Å². The van der Waals surface area contributed by atoms with Crippen LogP contribution in [-0.4, -0.2) is 41.5 Å². The molecule has 1 aliphatic rings. The second-order valence-corrected chi connectivity index (χ2v) is 8.80. The molecule has 3 aromatic rings. The summed E-state index contributed by atoms with van der Waals surface area (Å²) in [6.45, 7) is 0.391. The molecule has 2 amide bonds. The highest BCUT2D eigenvalue weighted by Crippen LogP contribution is 2.29. The van der Waals surface area contributed by atoms with Crippen LogP contribution in [0.4, 0.5) is 15.8 Å². The molecule has 180 valence electrons. The van der Waals surface area contributed by atoms with E-state index >= 15 is 0 Å². The molecule has 1 fully saturated rings. The predicted octanol–water partition coefficient (Wildman–Crippen LogP) is 5.06. The first-order chi connectivity index (χ1) is 16.9. The Hall–Kier alpha value is -3.49. The maximum atomic E-state index is 13.5. The fourth-order valence-electron chi connectivity index (χ4n) is 3.88. The number of hydrogen-bond acceptors (Lipinski definition) is 4. The minimum Gasteiger partial charge on any atom is -0.497 e. The van der Waals surface area contributed by atoms with Crippen LogP contribution in [0.15, 0.2) is 72.8 Å². The summed E-state index contributed by atoms with van der Waals surface area (Å²) in [5.41, 5.74) is 2.07. The number of nitrogens with zero attached hydrogens (tertiary/aromatic N) is 2. The summed E-state index contributed by atoms with van der Waals surface area (Å²) in [4.78, 5) is 29.5. The van der Waals surface area contributed by atoms with Gasteiger partial charge in [0.2, 0.25) is 5.91 Å². The van der Waals surface area contributed by atoms with Crippen molar-refractivity contribution >= 4 is 52.1 Å². The minimum atomic E-state index is -0.780. The van der Waals surface area contributed by atoms with Crippen molar-refractivity contribution in [1.82, 2.24) is 4.90 Å². The minimum absolute atomic E-state index is 0.0856. The van der Waals surface area contributed by atoms with Crippen molar-refractivity contribution in [1.29, 1.82) is 0 Å². The zero-order chi connectivity index (χ0) is 24.9. The average Bonchev–Trinajstić information content (AvgIpc) is 3.08. The molecule has 0 aromatic heterocycles. The van der Waals surface area contributed by atoms with Crippen molar-refractivity contribution in [3.63, 3.8) is 0 Å². The zero-order valence-electron chi connectivity index (χ0n) is 18.9. The first-order valence-electron chi connectivity index (χ1n) is 10.9. The third kappa shape index (κ3) is 5.78. The van der Waals surface area contributed by atoms with E-state index in [1.807, 2.05) is 0 Å². The van der Waals surface area contributed by atoms with Crippen LogP contribution in [0.1, 0.15) is 12.0 Å². The molecule has 1 unspecified atom stereocenters. The van der Waals surface area contributed by atoms with E-state index in [1.165, 1.54) is 17.0 Å². The highest BCUT2D eigenvalue weighted by molar-refractivity contribution is 7.80. The average molecular weight is 512 g/mol. The molecule has 1 N–H and O–H groups in total. The second-order valence-electron chi connectivity index (χ2n) is 8.00. The van der Waals surface area contributed by atoms with Crippen molar-refractivity contribution in [3.05, 3.63) is 89.2 Å². The zero-order valence-corrected chi connectivity index (χ0v) is 20.5. The topological polar surface area (TPSA) is 61.9 Å². The Labute approximate surface area is 213 Å². The summed E-state index contributed by atoms with van der Waals surface area (Å²) in [7, 11) is 1.56. The normalized spacial score (nSPS) is 15.5. The molecule has 4 rings (SSSR count). The lowest BCUT2D eigenvalue weighted by Crippen LogP contribution is -2.39. The van der Waals surface area contributed by atoms with Gasteiger partial charge in [-0.3, -0.25) is 14.5 Å². The van der Waals surface area contributed by atoms with Crippen LogP contribution in [0.2, 0.25) is 5.02 Å². The number of ether oxygens (including phenoxy) is 1. The number of nitrogens with one attached hydrogen (secondary N) is 1. The maximum Gasteiger partial charge on any atom is 0.256 e. The van der Waals surface area contributed by atoms with Gasteiger partial charge in [0.1, 0.15) is 17.6 Å². The van der Waals surface area contributed by atoms with Gasteiger partial charge in [0.25, 0.3) is 5.91 Å². The van der Waals surface area contributed by atoms with Crippen LogP contribution in [0.25, 0.3) is 0 Å². The van der Waals surface area contributed by atoms with Crippen LogP contribution in [0.5, 0.6) is 5.75 Å². The lowest BCUT2D eigenvalue weighted by atomic mass is 10.1. The number of benzene rings is 3. The van der Waals surface area contributed by atoms with Crippen molar-refractivity contribution in [2.75, 3.05) is 23.9 Å². The lowest BCUT2D eigenvalue weighted by Gasteiger charge is -2.24. The molecule has 0 radical (unpaired) electrons. The van der Waals surface area contributed by atoms with E-state index in [1.54, 1.807) is 72.7 Å². The molecule has 35 heavy (non-hydrogen) atoms. The van der Waals surface area contributed by atoms with Crippen molar-refractivity contribution in [3.8, 4) is 5.75 Å². The van der Waals surface area contributed by atoms with Gasteiger partial charge in [0.15, 0.2) is 5.11 Å². The number of amides is 2. The number of hydrogen-bond donors (Lipinski definition) is 1. The number of carbonyl (C=O) groups excluding carboxylic acids is 2. The second kappa shape index (κ2) is 10.8. The van der Waals surface area contributed by atoms with E-state index in [2.05, 4.69) is 5.32 Å². The van der Waals surface area contributed by atoms with Gasteiger partial charge in [-0.1, -0.05) is 23.7 Å². The number of carbonyl (C=O) groups is 2. The SMILES string of the molecule is COc1ccc(N2C(=O)C(CC(=O)Nc3ccc(Cl)cc3)N(CCc3ccc(F)cc3)C2=S)cc1. The first-order valence-corrected chi connectivity index (χ1v) is 11.7. The largest absolute Gasteiger partial charge is 0.497 e. The van der Waals surface area contributed by atoms with E-state index in [9.17, 15) is 14.0 Å². The summed E-state index contributed by atoms with van der Waals surface area (Å²) in [6.07, 6.45) is 0.442. The lowest BCUT2D eigenvalue weighted by molar-refractivity contribution is -0.124. The molecule has 0 spiro atoms. The van der Waals surface area contributed by atoms with Crippen LogP contribution in [0.3, 0.4) is 0 Å². The number of rotatable bonds is 8. The Morgan fingerprint density at radius 3 is 2.34 bits per heavy atom. The van der Waals surface area contributed by atoms with Gasteiger partial charge in [-0.25, -0.2) is 4.39 Å². The first kappa shape index (κ1) is 24.6. The molecule has 1 heterocycles. The molecular formula is C26H23ClFN3O3S. The van der Waals surface area contributed by atoms with Crippen molar-refractivity contribution in [2.24, 2.45) is 0 Å². The van der Waals surface area contributed by atoms with Gasteiger partial charge < -0.3 is 15.0 Å². The van der Waals surface area contributed by atoms with Crippen LogP contribution < -0.4 is 15.0 Å². The summed E-state index contributed by atoms with van der Waals surface area (Å²) >= 11 is 11.6. The molecule has 3 aromatic carbocycles. The summed E-state index contributed by atoms with van der Waals surface area (Å²) in [5.74, 6) is -0.274. The molecule has 1 atom stereocenters. The molecule has 6 nitrogen and oxygen atoms in total. The van der Waals surface area contributed by atoms with Crippen LogP contribution >= 0.6 is 23.8 Å². The monoisotopic (exact) mass is 511 g/mol. The fourth-order valence-corrected chi connectivity index (χ4v) is 4.42. The van der Waals surface area contributed by atoms with E-state index in [4.69, 9.17) is 28.6 Å². The maximum absolute atomic E-state index is 13.5. The standard InChI is InChI=1S/C26H23ClFN3O3S/c1-34-22-12-10-21(11-13-22)31-25(33)23(16-24(32)29-20-8-4-18(27)5-9-20)30(26(31)35)15-14-17-2-6-19(28)7-3-17/h2-13,23H,14-16H2,1H3,(H,29,32). The van der Waals surface area contributed by atoms with E-state index in [0.29, 0.717) is 40.2 Å². The molecule has 1 saturated heterocycles. The number of halogens is 2. The van der Waals surface area contributed by atoms with Crippen LogP contribution in [0, 0.1) is 5.82 Å². The highest BCUT2D eigenvalue weighted by atomic mass is 35.5. The highest BCUT2D eigenvalue weighted by Gasteiger charge is 2.43.